The molecule has 100 valence electrons. The number of ether oxygens (including phenoxy) is 1. The summed E-state index contributed by atoms with van der Waals surface area (Å²) in [5.74, 6) is 0.208. The van der Waals surface area contributed by atoms with Gasteiger partial charge in [-0.3, -0.25) is 4.79 Å². The molecule has 2 aromatic rings. The lowest BCUT2D eigenvalue weighted by atomic mass is 10.2. The van der Waals surface area contributed by atoms with Gasteiger partial charge in [0.15, 0.2) is 0 Å². The smallest absolute Gasteiger partial charge is 0.306 e. The predicted molar refractivity (Wildman–Crippen MR) is 67.0 cm³/mol. The Morgan fingerprint density at radius 2 is 2.11 bits per heavy atom. The van der Waals surface area contributed by atoms with E-state index < -0.39 is 0 Å². The Balaban J connectivity index is 1.95. The average molecular weight is 282 g/mol. The normalized spacial score (nSPS) is 10.4. The highest BCUT2D eigenvalue weighted by molar-refractivity contribution is 7.99. The average Bonchev–Trinajstić information content (AvgIpc) is 2.88. The van der Waals surface area contributed by atoms with Crippen LogP contribution in [0.15, 0.2) is 33.9 Å². The molecule has 0 unspecified atom stereocenters. The minimum Gasteiger partial charge on any atom is -0.469 e. The van der Waals surface area contributed by atoms with Crippen LogP contribution in [-0.2, 0) is 9.53 Å². The molecule has 0 saturated carbocycles. The largest absolute Gasteiger partial charge is 0.469 e. The van der Waals surface area contributed by atoms with Gasteiger partial charge in [-0.05, 0) is 24.3 Å². The number of carbonyl (C=O) groups excluding carboxylic acids is 1. The molecule has 0 fully saturated rings. The van der Waals surface area contributed by atoms with E-state index in [9.17, 15) is 9.18 Å². The second-order valence-electron chi connectivity index (χ2n) is 3.55. The fourth-order valence-electron chi connectivity index (χ4n) is 1.30. The Hall–Kier alpha value is -1.89. The van der Waals surface area contributed by atoms with Crippen molar-refractivity contribution >= 4 is 17.7 Å². The lowest BCUT2D eigenvalue weighted by Gasteiger charge is -1.96. The van der Waals surface area contributed by atoms with Gasteiger partial charge >= 0.3 is 5.97 Å². The first-order valence-corrected chi connectivity index (χ1v) is 6.46. The summed E-state index contributed by atoms with van der Waals surface area (Å²) in [4.78, 5) is 10.9. The first-order chi connectivity index (χ1) is 9.19. The number of aromatic nitrogens is 2. The molecule has 1 heterocycles. The van der Waals surface area contributed by atoms with E-state index >= 15 is 0 Å². The van der Waals surface area contributed by atoms with Crippen molar-refractivity contribution in [3.05, 3.63) is 30.1 Å². The molecular formula is C12H11FN2O3S. The zero-order chi connectivity index (χ0) is 13.7. The second-order valence-corrected chi connectivity index (χ2v) is 4.60. The van der Waals surface area contributed by atoms with Crippen molar-refractivity contribution in [1.29, 1.82) is 0 Å². The second kappa shape index (κ2) is 6.33. The molecule has 19 heavy (non-hydrogen) atoms. The number of carbonyl (C=O) groups is 1. The van der Waals surface area contributed by atoms with Crippen LogP contribution in [0.3, 0.4) is 0 Å². The number of esters is 1. The molecule has 0 aliphatic rings. The van der Waals surface area contributed by atoms with Gasteiger partial charge in [-0.1, -0.05) is 11.8 Å². The zero-order valence-corrected chi connectivity index (χ0v) is 10.9. The van der Waals surface area contributed by atoms with Crippen molar-refractivity contribution in [2.24, 2.45) is 0 Å². The standard InChI is InChI=1S/C12H11FN2O3S/c1-17-10(16)6-7-19-12-15-14-11(18-12)8-2-4-9(13)5-3-8/h2-5H,6-7H2,1H3. The molecular weight excluding hydrogens is 271 g/mol. The molecule has 1 aromatic heterocycles. The van der Waals surface area contributed by atoms with Gasteiger partial charge in [-0.2, -0.15) is 0 Å². The van der Waals surface area contributed by atoms with Crippen molar-refractivity contribution in [1.82, 2.24) is 10.2 Å². The van der Waals surface area contributed by atoms with Crippen molar-refractivity contribution in [3.8, 4) is 11.5 Å². The molecule has 0 saturated heterocycles. The number of halogens is 1. The van der Waals surface area contributed by atoms with Crippen LogP contribution in [0, 0.1) is 5.82 Å². The van der Waals surface area contributed by atoms with Crippen LogP contribution in [0.2, 0.25) is 0 Å². The van der Waals surface area contributed by atoms with Crippen molar-refractivity contribution in [2.75, 3.05) is 12.9 Å². The Morgan fingerprint density at radius 1 is 1.37 bits per heavy atom. The third-order valence-electron chi connectivity index (χ3n) is 2.26. The molecule has 5 nitrogen and oxygen atoms in total. The van der Waals surface area contributed by atoms with E-state index in [0.717, 1.165) is 0 Å². The molecule has 1 aromatic carbocycles. The summed E-state index contributed by atoms with van der Waals surface area (Å²) in [5.41, 5.74) is 0.647. The summed E-state index contributed by atoms with van der Waals surface area (Å²) in [6, 6.07) is 5.77. The molecule has 0 aliphatic carbocycles. The topological polar surface area (TPSA) is 65.2 Å². The Labute approximate surface area is 113 Å². The number of hydrogen-bond acceptors (Lipinski definition) is 6. The molecule has 0 bridgehead atoms. The van der Waals surface area contributed by atoms with Crippen LogP contribution in [0.4, 0.5) is 4.39 Å². The number of benzene rings is 1. The molecule has 0 atom stereocenters. The Morgan fingerprint density at radius 3 is 2.79 bits per heavy atom. The molecule has 7 heteroatoms. The van der Waals surface area contributed by atoms with Crippen LogP contribution >= 0.6 is 11.8 Å². The van der Waals surface area contributed by atoms with Gasteiger partial charge in [0.2, 0.25) is 5.89 Å². The number of nitrogens with zero attached hydrogens (tertiary/aromatic N) is 2. The quantitative estimate of drug-likeness (QED) is 0.620. The molecule has 0 N–H and O–H groups in total. The van der Waals surface area contributed by atoms with Gasteiger partial charge in [0.05, 0.1) is 13.5 Å². The maximum Gasteiger partial charge on any atom is 0.306 e. The maximum atomic E-state index is 12.8. The Bertz CT molecular complexity index is 556. The SMILES string of the molecule is COC(=O)CCSc1nnc(-c2ccc(F)cc2)o1. The number of rotatable bonds is 5. The summed E-state index contributed by atoms with van der Waals surface area (Å²) in [5, 5.41) is 8.06. The van der Waals surface area contributed by atoms with E-state index in [-0.39, 0.29) is 18.2 Å². The Kier molecular flexibility index (Phi) is 4.51. The molecule has 0 aliphatic heterocycles. The monoisotopic (exact) mass is 282 g/mol. The number of thioether (sulfide) groups is 1. The van der Waals surface area contributed by atoms with Gasteiger partial charge in [0.1, 0.15) is 5.82 Å². The molecule has 0 radical (unpaired) electrons. The first-order valence-electron chi connectivity index (χ1n) is 5.48. The van der Waals surface area contributed by atoms with Crippen LogP contribution in [0.25, 0.3) is 11.5 Å². The van der Waals surface area contributed by atoms with Crippen molar-refractivity contribution in [2.45, 2.75) is 11.6 Å². The summed E-state index contributed by atoms with van der Waals surface area (Å²) < 4.78 is 22.7. The van der Waals surface area contributed by atoms with Gasteiger partial charge in [0, 0.05) is 11.3 Å². The summed E-state index contributed by atoms with van der Waals surface area (Å²) in [6.45, 7) is 0. The highest BCUT2D eigenvalue weighted by Gasteiger charge is 2.10. The van der Waals surface area contributed by atoms with E-state index in [1.165, 1.54) is 31.0 Å². The highest BCUT2D eigenvalue weighted by atomic mass is 32.2. The fraction of sp³-hybridized carbons (Fsp3) is 0.250. The number of hydrogen-bond donors (Lipinski definition) is 0. The first kappa shape index (κ1) is 13.5. The molecule has 0 spiro atoms. The van der Waals surface area contributed by atoms with Crippen LogP contribution in [0.1, 0.15) is 6.42 Å². The van der Waals surface area contributed by atoms with E-state index in [1.54, 1.807) is 12.1 Å². The van der Waals surface area contributed by atoms with E-state index in [0.29, 0.717) is 22.4 Å². The van der Waals surface area contributed by atoms with E-state index in [1.807, 2.05) is 0 Å². The van der Waals surface area contributed by atoms with Crippen molar-refractivity contribution < 1.29 is 18.3 Å². The van der Waals surface area contributed by atoms with Gasteiger partial charge < -0.3 is 9.15 Å². The summed E-state index contributed by atoms with van der Waals surface area (Å²) >= 11 is 1.27. The lowest BCUT2D eigenvalue weighted by molar-refractivity contribution is -0.140. The minimum absolute atomic E-state index is 0.273. The molecule has 2 rings (SSSR count). The van der Waals surface area contributed by atoms with Crippen LogP contribution < -0.4 is 0 Å². The third-order valence-corrected chi connectivity index (χ3v) is 3.08. The van der Waals surface area contributed by atoms with Crippen LogP contribution in [-0.4, -0.2) is 29.0 Å². The van der Waals surface area contributed by atoms with E-state index in [4.69, 9.17) is 4.42 Å². The lowest BCUT2D eigenvalue weighted by Crippen LogP contribution is -2.00. The number of methoxy groups -OCH3 is 1. The molecule has 0 amide bonds. The minimum atomic E-state index is -0.323. The predicted octanol–water partition coefficient (Wildman–Crippen LogP) is 2.53. The van der Waals surface area contributed by atoms with Crippen LogP contribution in [0.5, 0.6) is 0 Å². The zero-order valence-electron chi connectivity index (χ0n) is 10.1. The van der Waals surface area contributed by atoms with Crippen molar-refractivity contribution in [3.63, 3.8) is 0 Å². The van der Waals surface area contributed by atoms with Gasteiger partial charge in [-0.25, -0.2) is 4.39 Å². The van der Waals surface area contributed by atoms with Gasteiger partial charge in [-0.15, -0.1) is 10.2 Å². The summed E-state index contributed by atoms with van der Waals surface area (Å²) in [7, 11) is 1.34. The third kappa shape index (κ3) is 3.78. The highest BCUT2D eigenvalue weighted by Crippen LogP contribution is 2.23. The van der Waals surface area contributed by atoms with E-state index in [2.05, 4.69) is 14.9 Å². The fourth-order valence-corrected chi connectivity index (χ4v) is 1.98. The summed E-state index contributed by atoms with van der Waals surface area (Å²) in [6.07, 6.45) is 0.273. The van der Waals surface area contributed by atoms with Gasteiger partial charge in [0.25, 0.3) is 5.22 Å². The maximum absolute atomic E-state index is 12.8.